The number of thiazole rings is 2. The molecule has 0 saturated heterocycles. The van der Waals surface area contributed by atoms with Gasteiger partial charge in [-0.1, -0.05) is 258 Å². The quantitative estimate of drug-likeness (QED) is 0.0286. The van der Waals surface area contributed by atoms with E-state index in [1.54, 1.807) is 11.3 Å². The largest absolute Gasteiger partial charge is 0.487 e. The third kappa shape index (κ3) is 18.3. The number of carbonyl (C=O) groups is 1. The van der Waals surface area contributed by atoms with E-state index in [1.165, 1.54) is 261 Å². The van der Waals surface area contributed by atoms with Gasteiger partial charge in [-0.3, -0.25) is 4.79 Å². The lowest BCUT2D eigenvalue weighted by atomic mass is 9.85. The molecule has 8 aromatic heterocycles. The van der Waals surface area contributed by atoms with E-state index >= 15 is 0 Å². The molecular weight excluding hydrogens is 1350 g/mol. The van der Waals surface area contributed by atoms with E-state index < -0.39 is 0 Å². The normalized spacial score (nSPS) is 12.2. The van der Waals surface area contributed by atoms with Crippen LogP contribution in [0.3, 0.4) is 0 Å². The number of rotatable bonds is 38. The number of hydrogen-bond acceptors (Lipinski definition) is 12. The van der Waals surface area contributed by atoms with Crippen molar-refractivity contribution in [2.75, 3.05) is 7.11 Å². The Morgan fingerprint density at radius 1 is 0.357 bits per heavy atom. The van der Waals surface area contributed by atoms with Gasteiger partial charge in [-0.25, -0.2) is 9.97 Å². The van der Waals surface area contributed by atoms with Crippen molar-refractivity contribution in [3.05, 3.63) is 135 Å². The molecule has 0 spiro atoms. The van der Waals surface area contributed by atoms with Gasteiger partial charge in [0.15, 0.2) is 11.3 Å². The SMILES string of the molecule is CCCCCCCCc1cc(C=O)sc1-c1ccc(-c2sc(-c3nc4c(-c5ccc(C(C)(C)C)cc5)c5sc(-c6cc(CCCCCCCC)c(-c7ccc(-c8sc(OC)cc8CCCCCCCC)s7)s6)nc5c(-c5ccc(C(C)(C)C)cc5)c4s3)cc2CCCCCCCC)s1. The number of aryl methyl sites for hydroxylation is 4. The zero-order valence-electron chi connectivity index (χ0n) is 60.6. The van der Waals surface area contributed by atoms with Gasteiger partial charge in [-0.2, -0.15) is 0 Å². The Bertz CT molecular complexity index is 4210. The molecule has 98 heavy (non-hydrogen) atoms. The Hall–Kier alpha value is -4.89. The van der Waals surface area contributed by atoms with Crippen LogP contribution in [0.2, 0.25) is 0 Å². The first-order chi connectivity index (χ1) is 47.6. The minimum atomic E-state index is 0.00306. The highest BCUT2D eigenvalue weighted by Gasteiger charge is 2.29. The Kier molecular flexibility index (Phi) is 26.8. The van der Waals surface area contributed by atoms with Crippen molar-refractivity contribution in [2.24, 2.45) is 0 Å². The van der Waals surface area contributed by atoms with E-state index in [0.29, 0.717) is 0 Å². The molecular formula is C86H106N2O2S8. The van der Waals surface area contributed by atoms with Gasteiger partial charge < -0.3 is 4.74 Å². The average Bonchev–Trinajstić information content (AvgIpc) is 1.54. The van der Waals surface area contributed by atoms with Crippen LogP contribution >= 0.6 is 90.7 Å². The minimum absolute atomic E-state index is 0.00306. The summed E-state index contributed by atoms with van der Waals surface area (Å²) in [7, 11) is 1.82. The standard InChI is InChI=1S/C86H106N2O2S8/c1-12-16-20-24-28-32-36-59-52-65(56-89)91-77(59)66-48-49-67(92-66)78-60(37-33-29-25-21-17-13-2)53-70(94-78)83-87-75-73(57-40-44-63(45-41-57)85(5,6)7)82-76(74(81(75)97-83)58-42-46-64(47-43-58)86(8,9)10)88-84(98-82)71-54-61(38-34-30-26-22-18-14-3)79(95-71)68-50-51-69(93-68)80-62(55-72(90-11)96-80)39-35-31-27-23-19-15-4/h40-56H,12-39H2,1-11H3. The molecule has 0 bridgehead atoms. The predicted octanol–water partition coefficient (Wildman–Crippen LogP) is 30.6. The highest BCUT2D eigenvalue weighted by molar-refractivity contribution is 7.31. The number of methoxy groups -OCH3 is 1. The fourth-order valence-electron chi connectivity index (χ4n) is 13.8. The van der Waals surface area contributed by atoms with Gasteiger partial charge in [0.25, 0.3) is 0 Å². The zero-order valence-corrected chi connectivity index (χ0v) is 67.1. The van der Waals surface area contributed by atoms with Crippen molar-refractivity contribution >= 4 is 117 Å². The topological polar surface area (TPSA) is 52.1 Å². The summed E-state index contributed by atoms with van der Waals surface area (Å²) in [6.45, 7) is 23.1. The maximum Gasteiger partial charge on any atom is 0.174 e. The Morgan fingerprint density at radius 3 is 1.03 bits per heavy atom. The van der Waals surface area contributed by atoms with Crippen molar-refractivity contribution in [1.29, 1.82) is 0 Å². The van der Waals surface area contributed by atoms with Crippen molar-refractivity contribution < 1.29 is 9.53 Å². The van der Waals surface area contributed by atoms with Crippen LogP contribution in [0, 0.1) is 0 Å². The number of fused-ring (bicyclic) bond motifs is 2. The summed E-state index contributed by atoms with van der Waals surface area (Å²) in [5.74, 6) is 0. The molecule has 3 aromatic carbocycles. The van der Waals surface area contributed by atoms with Crippen molar-refractivity contribution in [3.63, 3.8) is 0 Å². The van der Waals surface area contributed by atoms with Gasteiger partial charge in [0.05, 0.1) is 47.1 Å². The summed E-state index contributed by atoms with van der Waals surface area (Å²) < 4.78 is 8.32. The Labute approximate surface area is 619 Å². The fraction of sp³-hybridized carbons (Fsp3) is 0.477. The first-order valence-corrected chi connectivity index (χ1v) is 43.8. The molecule has 0 atom stereocenters. The number of nitrogens with zero attached hydrogens (tertiary/aromatic N) is 2. The van der Waals surface area contributed by atoms with Crippen LogP contribution in [0.25, 0.3) is 101 Å². The third-order valence-corrected chi connectivity index (χ3v) is 29.5. The van der Waals surface area contributed by atoms with Crippen LogP contribution in [-0.2, 0) is 36.5 Å². The summed E-state index contributed by atoms with van der Waals surface area (Å²) in [6, 6.07) is 37.9. The van der Waals surface area contributed by atoms with E-state index in [9.17, 15) is 4.79 Å². The molecule has 0 saturated carbocycles. The summed E-state index contributed by atoms with van der Waals surface area (Å²) >= 11 is 15.0. The molecule has 8 heterocycles. The van der Waals surface area contributed by atoms with E-state index in [2.05, 4.69) is 166 Å². The van der Waals surface area contributed by atoms with Crippen molar-refractivity contribution in [2.45, 2.75) is 260 Å². The van der Waals surface area contributed by atoms with Gasteiger partial charge in [0.2, 0.25) is 0 Å². The summed E-state index contributed by atoms with van der Waals surface area (Å²) in [6.07, 6.45) is 35.7. The maximum absolute atomic E-state index is 12.3. The highest BCUT2D eigenvalue weighted by Crippen LogP contribution is 2.55. The second-order valence-electron chi connectivity index (χ2n) is 29.4. The zero-order chi connectivity index (χ0) is 68.8. The summed E-state index contributed by atoms with van der Waals surface area (Å²) in [4.78, 5) is 38.3. The van der Waals surface area contributed by atoms with Crippen LogP contribution in [0.5, 0.6) is 5.06 Å². The molecule has 0 unspecified atom stereocenters. The molecule has 0 radical (unpaired) electrons. The lowest BCUT2D eigenvalue weighted by Crippen LogP contribution is -2.10. The van der Waals surface area contributed by atoms with Gasteiger partial charge >= 0.3 is 0 Å². The number of carbonyl (C=O) groups excluding carboxylic acids is 1. The maximum atomic E-state index is 12.3. The Morgan fingerprint density at radius 2 is 0.684 bits per heavy atom. The number of benzene rings is 3. The van der Waals surface area contributed by atoms with Gasteiger partial charge in [-0.05, 0) is 155 Å². The van der Waals surface area contributed by atoms with E-state index in [4.69, 9.17) is 14.7 Å². The van der Waals surface area contributed by atoms with E-state index in [1.807, 2.05) is 86.5 Å². The molecule has 12 heteroatoms. The van der Waals surface area contributed by atoms with E-state index in [0.717, 1.165) is 69.4 Å². The van der Waals surface area contributed by atoms with Crippen molar-refractivity contribution in [1.82, 2.24) is 9.97 Å². The smallest absolute Gasteiger partial charge is 0.174 e. The fourth-order valence-corrected chi connectivity index (χ4v) is 23.2. The molecule has 0 amide bonds. The molecule has 0 aliphatic rings. The highest BCUT2D eigenvalue weighted by atomic mass is 32.1. The van der Waals surface area contributed by atoms with Gasteiger partial charge in [0.1, 0.15) is 10.0 Å². The minimum Gasteiger partial charge on any atom is -0.487 e. The van der Waals surface area contributed by atoms with Crippen LogP contribution < -0.4 is 4.74 Å². The molecule has 0 aliphatic carbocycles. The lowest BCUT2D eigenvalue weighted by Gasteiger charge is -2.20. The number of aromatic nitrogens is 2. The van der Waals surface area contributed by atoms with Crippen LogP contribution in [0.15, 0.2) is 97.1 Å². The number of unbranched alkanes of at least 4 members (excludes halogenated alkanes) is 20. The number of aldehydes is 1. The molecule has 4 nitrogen and oxygen atoms in total. The van der Waals surface area contributed by atoms with Crippen LogP contribution in [-0.4, -0.2) is 23.4 Å². The molecule has 520 valence electrons. The second kappa shape index (κ2) is 35.3. The number of ether oxygens (including phenoxy) is 1. The first kappa shape index (κ1) is 74.3. The first-order valence-electron chi connectivity index (χ1n) is 37.3. The van der Waals surface area contributed by atoms with E-state index in [-0.39, 0.29) is 10.8 Å². The number of thiophene rings is 6. The lowest BCUT2D eigenvalue weighted by molar-refractivity contribution is 0.112. The third-order valence-electron chi connectivity index (χ3n) is 19.5. The summed E-state index contributed by atoms with van der Waals surface area (Å²) in [5, 5.41) is 3.15. The molecule has 0 N–H and O–H groups in total. The van der Waals surface area contributed by atoms with Gasteiger partial charge in [0, 0.05) is 45.3 Å². The second-order valence-corrected chi connectivity index (χ2v) is 37.7. The molecule has 11 aromatic rings. The predicted molar refractivity (Wildman–Crippen MR) is 441 cm³/mol. The van der Waals surface area contributed by atoms with Crippen molar-refractivity contribution in [3.8, 4) is 86.1 Å². The van der Waals surface area contributed by atoms with Crippen LogP contribution in [0.1, 0.15) is 266 Å². The molecule has 0 aliphatic heterocycles. The summed E-state index contributed by atoms with van der Waals surface area (Å²) in [5.41, 5.74) is 15.1. The molecule has 11 rings (SSSR count). The number of hydrogen-bond donors (Lipinski definition) is 0. The molecule has 0 fully saturated rings. The van der Waals surface area contributed by atoms with Gasteiger partial charge in [-0.15, -0.1) is 79.4 Å². The monoisotopic (exact) mass is 1450 g/mol. The van der Waals surface area contributed by atoms with Crippen LogP contribution in [0.4, 0.5) is 0 Å². The average molecular weight is 1460 g/mol. The Balaban J connectivity index is 1.05.